The van der Waals surface area contributed by atoms with Crippen LogP contribution in [0, 0.1) is 5.82 Å². The molecule has 0 aliphatic rings. The largest absolute Gasteiger partial charge is 0.484 e. The molecule has 108 valence electrons. The fraction of sp³-hybridized carbons (Fsp3) is 0.0667. The maximum absolute atomic E-state index is 13.4. The third-order valence-electron chi connectivity index (χ3n) is 2.50. The van der Waals surface area contributed by atoms with E-state index in [1.165, 1.54) is 18.2 Å². The molecule has 1 amide bonds. The summed E-state index contributed by atoms with van der Waals surface area (Å²) in [6.45, 7) is -0.188. The van der Waals surface area contributed by atoms with E-state index in [1.54, 1.807) is 24.3 Å². The van der Waals surface area contributed by atoms with Gasteiger partial charge in [-0.2, -0.15) is 5.10 Å². The van der Waals surface area contributed by atoms with Crippen LogP contribution in [0.25, 0.3) is 0 Å². The molecular formula is C15H12ClFN2O2. The van der Waals surface area contributed by atoms with Crippen LogP contribution < -0.4 is 10.2 Å². The molecule has 0 aliphatic heterocycles. The molecule has 0 saturated heterocycles. The summed E-state index contributed by atoms with van der Waals surface area (Å²) < 4.78 is 18.7. The van der Waals surface area contributed by atoms with Crippen LogP contribution in [0.1, 0.15) is 5.56 Å². The molecule has 0 aromatic heterocycles. The molecule has 1 N–H and O–H groups in total. The van der Waals surface area contributed by atoms with Crippen molar-refractivity contribution in [3.05, 3.63) is 64.9 Å². The van der Waals surface area contributed by atoms with E-state index in [4.69, 9.17) is 16.3 Å². The summed E-state index contributed by atoms with van der Waals surface area (Å²) in [7, 11) is 0. The lowest BCUT2D eigenvalue weighted by atomic mass is 10.2. The van der Waals surface area contributed by atoms with Gasteiger partial charge in [0.15, 0.2) is 6.61 Å². The molecule has 2 aromatic rings. The molecule has 0 spiro atoms. The Labute approximate surface area is 126 Å². The summed E-state index contributed by atoms with van der Waals surface area (Å²) in [6.07, 6.45) is 1.15. The number of hydrogen-bond acceptors (Lipinski definition) is 3. The summed E-state index contributed by atoms with van der Waals surface area (Å²) in [5.74, 6) is -0.391. The van der Waals surface area contributed by atoms with Crippen LogP contribution in [0.3, 0.4) is 0 Å². The molecular weight excluding hydrogens is 295 g/mol. The number of benzene rings is 2. The predicted molar refractivity (Wildman–Crippen MR) is 79.1 cm³/mol. The molecule has 6 heteroatoms. The molecule has 2 rings (SSSR count). The second kappa shape index (κ2) is 7.40. The lowest BCUT2D eigenvalue weighted by Crippen LogP contribution is -2.24. The fourth-order valence-electron chi connectivity index (χ4n) is 1.50. The van der Waals surface area contributed by atoms with Gasteiger partial charge in [0.2, 0.25) is 0 Å². The first-order valence-corrected chi connectivity index (χ1v) is 6.48. The normalized spacial score (nSPS) is 10.6. The highest BCUT2D eigenvalue weighted by molar-refractivity contribution is 6.33. The van der Waals surface area contributed by atoms with E-state index in [1.807, 2.05) is 6.07 Å². The van der Waals surface area contributed by atoms with Crippen molar-refractivity contribution in [2.24, 2.45) is 5.10 Å². The van der Waals surface area contributed by atoms with Crippen LogP contribution in [0.15, 0.2) is 53.6 Å². The number of carbonyl (C=O) groups is 1. The monoisotopic (exact) mass is 306 g/mol. The van der Waals surface area contributed by atoms with E-state index in [0.29, 0.717) is 5.75 Å². The molecule has 0 aliphatic carbocycles. The van der Waals surface area contributed by atoms with Gasteiger partial charge in [-0.3, -0.25) is 4.79 Å². The van der Waals surface area contributed by atoms with Crippen molar-refractivity contribution in [1.82, 2.24) is 5.43 Å². The summed E-state index contributed by atoms with van der Waals surface area (Å²) in [4.78, 5) is 11.5. The minimum absolute atomic E-state index is 0.114. The van der Waals surface area contributed by atoms with E-state index < -0.39 is 11.7 Å². The topological polar surface area (TPSA) is 50.7 Å². The molecule has 0 radical (unpaired) electrons. The van der Waals surface area contributed by atoms with Gasteiger partial charge >= 0.3 is 0 Å². The molecule has 2 aromatic carbocycles. The van der Waals surface area contributed by atoms with Crippen molar-refractivity contribution in [2.45, 2.75) is 0 Å². The Bertz CT molecular complexity index is 627. The minimum Gasteiger partial charge on any atom is -0.484 e. The number of amides is 1. The Morgan fingerprint density at radius 3 is 2.71 bits per heavy atom. The Hall–Kier alpha value is -2.40. The van der Waals surface area contributed by atoms with Crippen LogP contribution in [0.4, 0.5) is 4.39 Å². The van der Waals surface area contributed by atoms with Crippen LogP contribution in [-0.4, -0.2) is 18.7 Å². The highest BCUT2D eigenvalue weighted by Gasteiger charge is 2.04. The van der Waals surface area contributed by atoms with Gasteiger partial charge in [0.1, 0.15) is 11.6 Å². The number of nitrogens with one attached hydrogen (secondary N) is 1. The highest BCUT2D eigenvalue weighted by Crippen LogP contribution is 2.16. The molecule has 0 bridgehead atoms. The van der Waals surface area contributed by atoms with E-state index in [-0.39, 0.29) is 17.2 Å². The van der Waals surface area contributed by atoms with Gasteiger partial charge in [-0.05, 0) is 24.3 Å². The van der Waals surface area contributed by atoms with Crippen LogP contribution >= 0.6 is 11.6 Å². The van der Waals surface area contributed by atoms with Gasteiger partial charge in [-0.25, -0.2) is 9.82 Å². The molecule has 0 unspecified atom stereocenters. The SMILES string of the molecule is O=C(COc1ccccc1)NN=Cc1c(F)cccc1Cl. The second-order valence-electron chi connectivity index (χ2n) is 4.03. The molecule has 0 saturated carbocycles. The third kappa shape index (κ3) is 4.57. The average Bonchev–Trinajstić information content (AvgIpc) is 2.49. The van der Waals surface area contributed by atoms with Crippen molar-refractivity contribution in [3.8, 4) is 5.75 Å². The van der Waals surface area contributed by atoms with E-state index in [0.717, 1.165) is 6.21 Å². The third-order valence-corrected chi connectivity index (χ3v) is 2.83. The van der Waals surface area contributed by atoms with Gasteiger partial charge < -0.3 is 4.74 Å². The number of rotatable bonds is 5. The standard InChI is InChI=1S/C15H12ClFN2O2/c16-13-7-4-8-14(17)12(13)9-18-19-15(20)10-21-11-5-2-1-3-6-11/h1-9H,10H2,(H,19,20). The predicted octanol–water partition coefficient (Wildman–Crippen LogP) is 3.01. The van der Waals surface area contributed by atoms with Crippen LogP contribution in [-0.2, 0) is 4.79 Å². The summed E-state index contributed by atoms with van der Waals surface area (Å²) >= 11 is 5.82. The zero-order valence-electron chi connectivity index (χ0n) is 10.9. The Morgan fingerprint density at radius 2 is 2.00 bits per heavy atom. The quantitative estimate of drug-likeness (QED) is 0.682. The molecule has 0 heterocycles. The number of nitrogens with zero attached hydrogens (tertiary/aromatic N) is 1. The molecule has 21 heavy (non-hydrogen) atoms. The second-order valence-corrected chi connectivity index (χ2v) is 4.44. The summed E-state index contributed by atoms with van der Waals surface area (Å²) in [5, 5.41) is 3.86. The lowest BCUT2D eigenvalue weighted by molar-refractivity contribution is -0.123. The van der Waals surface area contributed by atoms with Crippen molar-refractivity contribution >= 4 is 23.7 Å². The Kier molecular flexibility index (Phi) is 5.29. The number of hydrogen-bond donors (Lipinski definition) is 1. The first-order valence-electron chi connectivity index (χ1n) is 6.10. The highest BCUT2D eigenvalue weighted by atomic mass is 35.5. The number of para-hydroxylation sites is 1. The lowest BCUT2D eigenvalue weighted by Gasteiger charge is -2.04. The first kappa shape index (κ1) is 15.0. The number of ether oxygens (including phenoxy) is 1. The Morgan fingerprint density at radius 1 is 1.24 bits per heavy atom. The smallest absolute Gasteiger partial charge is 0.277 e. The van der Waals surface area contributed by atoms with Crippen LogP contribution in [0.5, 0.6) is 5.75 Å². The number of hydrazone groups is 1. The maximum Gasteiger partial charge on any atom is 0.277 e. The van der Waals surface area contributed by atoms with Crippen molar-refractivity contribution in [1.29, 1.82) is 0 Å². The van der Waals surface area contributed by atoms with Gasteiger partial charge in [-0.15, -0.1) is 0 Å². The zero-order valence-corrected chi connectivity index (χ0v) is 11.7. The van der Waals surface area contributed by atoms with Crippen LogP contribution in [0.2, 0.25) is 5.02 Å². The molecule has 0 atom stereocenters. The van der Waals surface area contributed by atoms with Gasteiger partial charge in [0.25, 0.3) is 5.91 Å². The minimum atomic E-state index is -0.513. The molecule has 4 nitrogen and oxygen atoms in total. The van der Waals surface area contributed by atoms with E-state index in [2.05, 4.69) is 10.5 Å². The average molecular weight is 307 g/mol. The van der Waals surface area contributed by atoms with E-state index in [9.17, 15) is 9.18 Å². The van der Waals surface area contributed by atoms with Crippen molar-refractivity contribution < 1.29 is 13.9 Å². The van der Waals surface area contributed by atoms with Gasteiger partial charge in [-0.1, -0.05) is 35.9 Å². The van der Waals surface area contributed by atoms with Gasteiger partial charge in [0.05, 0.1) is 11.2 Å². The van der Waals surface area contributed by atoms with Gasteiger partial charge in [0, 0.05) is 5.56 Å². The Balaban J connectivity index is 1.85. The zero-order chi connectivity index (χ0) is 15.1. The number of carbonyl (C=O) groups excluding carboxylic acids is 1. The maximum atomic E-state index is 13.4. The first-order chi connectivity index (χ1) is 10.2. The summed E-state index contributed by atoms with van der Waals surface area (Å²) in [6, 6.07) is 13.2. The number of halogens is 2. The van der Waals surface area contributed by atoms with Crippen molar-refractivity contribution in [2.75, 3.05) is 6.61 Å². The summed E-state index contributed by atoms with van der Waals surface area (Å²) in [5.41, 5.74) is 2.35. The van der Waals surface area contributed by atoms with Crippen molar-refractivity contribution in [3.63, 3.8) is 0 Å². The van der Waals surface area contributed by atoms with E-state index >= 15 is 0 Å². The molecule has 0 fully saturated rings. The fourth-order valence-corrected chi connectivity index (χ4v) is 1.71.